The summed E-state index contributed by atoms with van der Waals surface area (Å²) in [7, 11) is 1.73. The lowest BCUT2D eigenvalue weighted by Crippen LogP contribution is -2.22. The van der Waals surface area contributed by atoms with Crippen molar-refractivity contribution in [3.8, 4) is 0 Å². The van der Waals surface area contributed by atoms with E-state index in [2.05, 4.69) is 21.1 Å². The Hall–Kier alpha value is -1.07. The number of anilines is 1. The van der Waals surface area contributed by atoms with Crippen LogP contribution in [0.15, 0.2) is 6.20 Å². The van der Waals surface area contributed by atoms with Gasteiger partial charge in [0.2, 0.25) is 5.95 Å². The molecule has 0 aromatic carbocycles. The molecule has 1 aromatic heterocycles. The molecule has 1 aliphatic heterocycles. The molecule has 5 nitrogen and oxygen atoms in total. The van der Waals surface area contributed by atoms with E-state index in [-0.39, 0.29) is 0 Å². The van der Waals surface area contributed by atoms with Gasteiger partial charge in [-0.05, 0) is 26.2 Å². The van der Waals surface area contributed by atoms with Crippen molar-refractivity contribution in [3.63, 3.8) is 0 Å². The summed E-state index contributed by atoms with van der Waals surface area (Å²) in [5.74, 6) is 1.58. The second kappa shape index (κ2) is 7.50. The van der Waals surface area contributed by atoms with Crippen LogP contribution < -0.4 is 5.32 Å². The van der Waals surface area contributed by atoms with Gasteiger partial charge in [-0.15, -0.1) is 0 Å². The van der Waals surface area contributed by atoms with Crippen LogP contribution in [-0.2, 0) is 16.0 Å². The van der Waals surface area contributed by atoms with Crippen LogP contribution in [0.25, 0.3) is 0 Å². The molecule has 0 amide bonds. The number of nitrogens with one attached hydrogen (secondary N) is 1. The van der Waals surface area contributed by atoms with Gasteiger partial charge in [0.15, 0.2) is 0 Å². The van der Waals surface area contributed by atoms with Gasteiger partial charge in [0, 0.05) is 45.5 Å². The molecule has 1 atom stereocenters. The fraction of sp³-hybridized carbons (Fsp3) is 0.786. The van der Waals surface area contributed by atoms with E-state index in [4.69, 9.17) is 9.47 Å². The fourth-order valence-electron chi connectivity index (χ4n) is 2.47. The Kier molecular flexibility index (Phi) is 5.66. The van der Waals surface area contributed by atoms with E-state index in [1.165, 1.54) is 12.8 Å². The van der Waals surface area contributed by atoms with Crippen LogP contribution in [0.2, 0.25) is 0 Å². The number of rotatable bonds is 7. The normalized spacial score (nSPS) is 19.6. The number of aromatic nitrogens is 2. The van der Waals surface area contributed by atoms with Crippen molar-refractivity contribution in [2.24, 2.45) is 5.92 Å². The summed E-state index contributed by atoms with van der Waals surface area (Å²) in [6.07, 6.45) is 5.54. The maximum Gasteiger partial charge on any atom is 0.203 e. The van der Waals surface area contributed by atoms with E-state index >= 15 is 0 Å². The zero-order valence-corrected chi connectivity index (χ0v) is 12.0. The first kappa shape index (κ1) is 14.3. The maximum atomic E-state index is 5.54. The van der Waals surface area contributed by atoms with Crippen LogP contribution in [-0.4, -0.2) is 43.0 Å². The summed E-state index contributed by atoms with van der Waals surface area (Å²) in [5.41, 5.74) is 1.06. The molecule has 2 heterocycles. The average Bonchev–Trinajstić information content (AvgIpc) is 2.76. The van der Waals surface area contributed by atoms with Crippen LogP contribution in [0.4, 0.5) is 5.95 Å². The molecule has 2 rings (SSSR count). The largest absolute Gasteiger partial charge is 0.385 e. The van der Waals surface area contributed by atoms with Crippen molar-refractivity contribution in [2.45, 2.75) is 32.7 Å². The van der Waals surface area contributed by atoms with Gasteiger partial charge >= 0.3 is 0 Å². The summed E-state index contributed by atoms with van der Waals surface area (Å²) >= 11 is 0. The molecule has 108 valence electrons. The zero-order valence-electron chi connectivity index (χ0n) is 12.0. The highest BCUT2D eigenvalue weighted by Crippen LogP contribution is 2.18. The van der Waals surface area contributed by atoms with E-state index in [1.54, 1.807) is 7.11 Å². The first-order valence-electron chi connectivity index (χ1n) is 7.14. The molecular formula is C14H25N3O2. The maximum absolute atomic E-state index is 5.54. The molecule has 0 radical (unpaired) electrons. The van der Waals surface area contributed by atoms with Crippen LogP contribution in [0, 0.1) is 12.8 Å². The molecule has 0 bridgehead atoms. The topological polar surface area (TPSA) is 48.3 Å². The molecule has 0 spiro atoms. The highest BCUT2D eigenvalue weighted by atomic mass is 16.5. The third-order valence-corrected chi connectivity index (χ3v) is 3.41. The number of imidazole rings is 1. The number of ether oxygens (including phenoxy) is 2. The molecule has 0 aliphatic carbocycles. The molecule has 1 unspecified atom stereocenters. The van der Waals surface area contributed by atoms with E-state index in [1.807, 2.05) is 6.92 Å². The number of methoxy groups -OCH3 is 1. The Morgan fingerprint density at radius 2 is 2.47 bits per heavy atom. The lowest BCUT2D eigenvalue weighted by molar-refractivity contribution is 0.0485. The highest BCUT2D eigenvalue weighted by molar-refractivity contribution is 5.28. The third kappa shape index (κ3) is 4.51. The first-order valence-corrected chi connectivity index (χ1v) is 7.14. The molecule has 1 aromatic rings. The lowest BCUT2D eigenvalue weighted by Gasteiger charge is -2.23. The summed E-state index contributed by atoms with van der Waals surface area (Å²) in [6.45, 7) is 6.50. The van der Waals surface area contributed by atoms with Gasteiger partial charge in [-0.25, -0.2) is 4.98 Å². The van der Waals surface area contributed by atoms with Crippen LogP contribution in [0.1, 0.15) is 25.0 Å². The Balaban J connectivity index is 1.87. The van der Waals surface area contributed by atoms with Crippen molar-refractivity contribution in [1.82, 2.24) is 9.55 Å². The van der Waals surface area contributed by atoms with Crippen molar-refractivity contribution < 1.29 is 9.47 Å². The van der Waals surface area contributed by atoms with Gasteiger partial charge in [-0.1, -0.05) is 0 Å². The molecule has 1 fully saturated rings. The van der Waals surface area contributed by atoms with Crippen LogP contribution >= 0.6 is 0 Å². The molecule has 1 N–H and O–H groups in total. The predicted octanol–water partition coefficient (Wildman–Crippen LogP) is 2.07. The summed E-state index contributed by atoms with van der Waals surface area (Å²) in [4.78, 5) is 4.54. The molecule has 19 heavy (non-hydrogen) atoms. The van der Waals surface area contributed by atoms with Crippen molar-refractivity contribution in [3.05, 3.63) is 11.9 Å². The Labute approximate surface area is 115 Å². The van der Waals surface area contributed by atoms with Gasteiger partial charge in [0.05, 0.1) is 12.3 Å². The third-order valence-electron chi connectivity index (χ3n) is 3.41. The van der Waals surface area contributed by atoms with E-state index < -0.39 is 0 Å². The smallest absolute Gasteiger partial charge is 0.203 e. The molecule has 1 aliphatic rings. The standard InChI is InChI=1S/C14H25N3O2/c1-12-9-17(10-13-5-3-8-19-11-13)14(16-12)15-6-4-7-18-2/h9,13H,3-8,10-11H2,1-2H3,(H,15,16). The Bertz CT molecular complexity index is 373. The minimum atomic E-state index is 0.613. The quantitative estimate of drug-likeness (QED) is 0.768. The summed E-state index contributed by atoms with van der Waals surface area (Å²) < 4.78 is 12.8. The summed E-state index contributed by atoms with van der Waals surface area (Å²) in [6, 6.07) is 0. The molecule has 1 saturated heterocycles. The van der Waals surface area contributed by atoms with Crippen molar-refractivity contribution >= 4 is 5.95 Å². The first-order chi connectivity index (χ1) is 9.29. The molecular weight excluding hydrogens is 242 g/mol. The SMILES string of the molecule is COCCCNc1nc(C)cn1CC1CCCOC1. The van der Waals surface area contributed by atoms with Crippen LogP contribution in [0.5, 0.6) is 0 Å². The van der Waals surface area contributed by atoms with Gasteiger partial charge in [-0.3, -0.25) is 0 Å². The highest BCUT2D eigenvalue weighted by Gasteiger charge is 2.16. The number of nitrogens with zero attached hydrogens (tertiary/aromatic N) is 2. The van der Waals surface area contributed by atoms with Crippen molar-refractivity contribution in [2.75, 3.05) is 38.8 Å². The van der Waals surface area contributed by atoms with E-state index in [0.717, 1.165) is 51.0 Å². The van der Waals surface area contributed by atoms with E-state index in [9.17, 15) is 0 Å². The van der Waals surface area contributed by atoms with Crippen LogP contribution in [0.3, 0.4) is 0 Å². The van der Waals surface area contributed by atoms with Crippen molar-refractivity contribution in [1.29, 1.82) is 0 Å². The van der Waals surface area contributed by atoms with Gasteiger partial charge < -0.3 is 19.4 Å². The summed E-state index contributed by atoms with van der Waals surface area (Å²) in [5, 5.41) is 3.39. The van der Waals surface area contributed by atoms with Gasteiger partial charge in [0.25, 0.3) is 0 Å². The minimum absolute atomic E-state index is 0.613. The Morgan fingerprint density at radius 3 is 3.21 bits per heavy atom. The average molecular weight is 267 g/mol. The molecule has 5 heteroatoms. The lowest BCUT2D eigenvalue weighted by atomic mass is 10.0. The zero-order chi connectivity index (χ0) is 13.5. The van der Waals surface area contributed by atoms with E-state index in [0.29, 0.717) is 5.92 Å². The second-order valence-electron chi connectivity index (χ2n) is 5.21. The van der Waals surface area contributed by atoms with Gasteiger partial charge in [0.1, 0.15) is 0 Å². The monoisotopic (exact) mass is 267 g/mol. The fourth-order valence-corrected chi connectivity index (χ4v) is 2.47. The molecule has 0 saturated carbocycles. The predicted molar refractivity (Wildman–Crippen MR) is 75.5 cm³/mol. The van der Waals surface area contributed by atoms with Gasteiger partial charge in [-0.2, -0.15) is 0 Å². The number of aryl methyl sites for hydroxylation is 1. The Morgan fingerprint density at radius 1 is 1.58 bits per heavy atom. The minimum Gasteiger partial charge on any atom is -0.385 e. The second-order valence-corrected chi connectivity index (χ2v) is 5.21. The number of hydrogen-bond donors (Lipinski definition) is 1. The number of hydrogen-bond acceptors (Lipinski definition) is 4.